The van der Waals surface area contributed by atoms with E-state index in [1.807, 2.05) is 36.1 Å². The molecule has 2 saturated heterocycles. The fourth-order valence-corrected chi connectivity index (χ4v) is 3.60. The number of piperidine rings is 1. The first-order chi connectivity index (χ1) is 10.6. The molecule has 0 aliphatic carbocycles. The average Bonchev–Trinajstić information content (AvgIpc) is 2.50. The van der Waals surface area contributed by atoms with Gasteiger partial charge in [-0.25, -0.2) is 0 Å². The molecule has 0 aromatic heterocycles. The lowest BCUT2D eigenvalue weighted by Crippen LogP contribution is -2.51. The lowest BCUT2D eigenvalue weighted by molar-refractivity contribution is -0.153. The van der Waals surface area contributed by atoms with Gasteiger partial charge in [0.05, 0.1) is 18.1 Å². The summed E-state index contributed by atoms with van der Waals surface area (Å²) in [5.74, 6) is 0.195. The molecule has 1 unspecified atom stereocenters. The largest absolute Gasteiger partial charge is 0.393 e. The predicted octanol–water partition coefficient (Wildman–Crippen LogP) is 2.07. The molecule has 0 saturated carbocycles. The molecule has 2 heterocycles. The maximum atomic E-state index is 12.5. The van der Waals surface area contributed by atoms with Gasteiger partial charge >= 0.3 is 0 Å². The van der Waals surface area contributed by atoms with Gasteiger partial charge in [0.2, 0.25) is 5.91 Å². The maximum absolute atomic E-state index is 12.5. The Hall–Kier alpha value is -1.39. The number of likely N-dealkylation sites (tertiary alicyclic amines) is 1. The Bertz CT molecular complexity index is 535. The van der Waals surface area contributed by atoms with Crippen molar-refractivity contribution in [2.24, 2.45) is 0 Å². The lowest BCUT2D eigenvalue weighted by atomic mass is 9.83. The molecule has 22 heavy (non-hydrogen) atoms. The first-order valence-electron chi connectivity index (χ1n) is 8.22. The Labute approximate surface area is 132 Å². The van der Waals surface area contributed by atoms with Crippen molar-refractivity contribution in [3.63, 3.8) is 0 Å². The van der Waals surface area contributed by atoms with Crippen LogP contribution in [0.5, 0.6) is 0 Å². The third kappa shape index (κ3) is 3.33. The van der Waals surface area contributed by atoms with Gasteiger partial charge in [0.1, 0.15) is 0 Å². The number of amides is 1. The highest BCUT2D eigenvalue weighted by atomic mass is 16.5. The number of rotatable bonds is 2. The van der Waals surface area contributed by atoms with Crippen LogP contribution in [0.15, 0.2) is 24.3 Å². The number of hydrogen-bond acceptors (Lipinski definition) is 3. The molecule has 3 rings (SSSR count). The molecule has 1 spiro atoms. The minimum atomic E-state index is -0.247. The van der Waals surface area contributed by atoms with Crippen molar-refractivity contribution in [3.05, 3.63) is 35.4 Å². The number of benzene rings is 1. The number of aliphatic hydroxyl groups is 1. The summed E-state index contributed by atoms with van der Waals surface area (Å²) < 4.78 is 5.94. The van der Waals surface area contributed by atoms with Crippen molar-refractivity contribution in [1.29, 1.82) is 0 Å². The monoisotopic (exact) mass is 303 g/mol. The van der Waals surface area contributed by atoms with E-state index in [1.54, 1.807) is 0 Å². The van der Waals surface area contributed by atoms with E-state index >= 15 is 0 Å². The quantitative estimate of drug-likeness (QED) is 0.910. The smallest absolute Gasteiger partial charge is 0.227 e. The van der Waals surface area contributed by atoms with E-state index in [0.29, 0.717) is 19.4 Å². The molecule has 1 N–H and O–H groups in total. The molecule has 2 aliphatic heterocycles. The summed E-state index contributed by atoms with van der Waals surface area (Å²) in [5, 5.41) is 9.87. The van der Waals surface area contributed by atoms with Crippen LogP contribution in [0.4, 0.5) is 0 Å². The Morgan fingerprint density at radius 1 is 1.36 bits per heavy atom. The zero-order valence-electron chi connectivity index (χ0n) is 13.3. The summed E-state index contributed by atoms with van der Waals surface area (Å²) in [6.45, 7) is 4.15. The van der Waals surface area contributed by atoms with E-state index < -0.39 is 0 Å². The fourth-order valence-electron chi connectivity index (χ4n) is 3.60. The molecule has 1 amide bonds. The summed E-state index contributed by atoms with van der Waals surface area (Å²) in [6, 6.07) is 8.06. The molecule has 2 aliphatic rings. The maximum Gasteiger partial charge on any atom is 0.227 e. The van der Waals surface area contributed by atoms with Gasteiger partial charge < -0.3 is 14.7 Å². The number of carbonyl (C=O) groups is 1. The molecule has 1 aromatic carbocycles. The van der Waals surface area contributed by atoms with Crippen LogP contribution in [0, 0.1) is 6.92 Å². The second-order valence-electron chi connectivity index (χ2n) is 6.66. The predicted molar refractivity (Wildman–Crippen MR) is 84.6 cm³/mol. The lowest BCUT2D eigenvalue weighted by Gasteiger charge is -2.45. The summed E-state index contributed by atoms with van der Waals surface area (Å²) in [4.78, 5) is 14.4. The van der Waals surface area contributed by atoms with Crippen molar-refractivity contribution in [1.82, 2.24) is 4.90 Å². The highest BCUT2D eigenvalue weighted by molar-refractivity contribution is 5.79. The zero-order valence-corrected chi connectivity index (χ0v) is 13.3. The molecule has 4 nitrogen and oxygen atoms in total. The Morgan fingerprint density at radius 2 is 2.09 bits per heavy atom. The number of nitrogens with zero attached hydrogens (tertiary/aromatic N) is 1. The Morgan fingerprint density at radius 3 is 2.77 bits per heavy atom. The molecule has 0 bridgehead atoms. The zero-order chi connectivity index (χ0) is 15.6. The van der Waals surface area contributed by atoms with Gasteiger partial charge in [-0.2, -0.15) is 0 Å². The van der Waals surface area contributed by atoms with Gasteiger partial charge in [0.25, 0.3) is 0 Å². The topological polar surface area (TPSA) is 49.8 Å². The SMILES string of the molecule is Cc1ccccc1CC(=O)N1CCC2(CC1)CC(O)CCO2. The summed E-state index contributed by atoms with van der Waals surface area (Å²) in [7, 11) is 0. The van der Waals surface area contributed by atoms with Gasteiger partial charge in [0, 0.05) is 26.1 Å². The summed E-state index contributed by atoms with van der Waals surface area (Å²) >= 11 is 0. The van der Waals surface area contributed by atoms with Crippen molar-refractivity contribution in [3.8, 4) is 0 Å². The highest BCUT2D eigenvalue weighted by Crippen LogP contribution is 2.35. The minimum Gasteiger partial charge on any atom is -0.393 e. The second kappa shape index (κ2) is 6.39. The Balaban J connectivity index is 1.57. The molecular weight excluding hydrogens is 278 g/mol. The molecule has 1 aromatic rings. The number of ether oxygens (including phenoxy) is 1. The van der Waals surface area contributed by atoms with E-state index in [0.717, 1.165) is 37.9 Å². The third-order valence-electron chi connectivity index (χ3n) is 5.10. The van der Waals surface area contributed by atoms with Crippen LogP contribution in [0.2, 0.25) is 0 Å². The van der Waals surface area contributed by atoms with Crippen molar-refractivity contribution in [2.75, 3.05) is 19.7 Å². The van der Waals surface area contributed by atoms with Crippen molar-refractivity contribution >= 4 is 5.91 Å². The molecule has 1 atom stereocenters. The number of aryl methyl sites for hydroxylation is 1. The van der Waals surface area contributed by atoms with Gasteiger partial charge in [0.15, 0.2) is 0 Å². The molecule has 4 heteroatoms. The van der Waals surface area contributed by atoms with Crippen LogP contribution in [-0.2, 0) is 16.0 Å². The van der Waals surface area contributed by atoms with Crippen LogP contribution < -0.4 is 0 Å². The average molecular weight is 303 g/mol. The minimum absolute atomic E-state index is 0.195. The van der Waals surface area contributed by atoms with Crippen LogP contribution in [0.1, 0.15) is 36.8 Å². The summed E-state index contributed by atoms with van der Waals surface area (Å²) in [5.41, 5.74) is 2.08. The van der Waals surface area contributed by atoms with E-state index in [9.17, 15) is 9.90 Å². The van der Waals surface area contributed by atoms with E-state index in [4.69, 9.17) is 4.74 Å². The molecular formula is C18H25NO3. The van der Waals surface area contributed by atoms with E-state index in [1.165, 1.54) is 5.56 Å². The molecule has 120 valence electrons. The normalized spacial score (nSPS) is 24.5. The first kappa shape index (κ1) is 15.5. The van der Waals surface area contributed by atoms with E-state index in [-0.39, 0.29) is 17.6 Å². The highest BCUT2D eigenvalue weighted by Gasteiger charge is 2.40. The molecule has 2 fully saturated rings. The number of aliphatic hydroxyl groups excluding tert-OH is 1. The number of carbonyl (C=O) groups excluding carboxylic acids is 1. The van der Waals surface area contributed by atoms with Crippen LogP contribution in [-0.4, -0.2) is 47.3 Å². The molecule has 0 radical (unpaired) electrons. The third-order valence-corrected chi connectivity index (χ3v) is 5.10. The van der Waals surface area contributed by atoms with Crippen LogP contribution >= 0.6 is 0 Å². The first-order valence-corrected chi connectivity index (χ1v) is 8.22. The van der Waals surface area contributed by atoms with Gasteiger partial charge in [-0.1, -0.05) is 24.3 Å². The van der Waals surface area contributed by atoms with Crippen LogP contribution in [0.3, 0.4) is 0 Å². The second-order valence-corrected chi connectivity index (χ2v) is 6.66. The number of hydrogen-bond donors (Lipinski definition) is 1. The Kier molecular flexibility index (Phi) is 4.50. The van der Waals surface area contributed by atoms with Crippen LogP contribution in [0.25, 0.3) is 0 Å². The van der Waals surface area contributed by atoms with Crippen molar-refractivity contribution in [2.45, 2.75) is 50.7 Å². The van der Waals surface area contributed by atoms with Gasteiger partial charge in [-0.15, -0.1) is 0 Å². The van der Waals surface area contributed by atoms with Gasteiger partial charge in [-0.3, -0.25) is 4.79 Å². The van der Waals surface area contributed by atoms with Crippen molar-refractivity contribution < 1.29 is 14.6 Å². The van der Waals surface area contributed by atoms with Gasteiger partial charge in [-0.05, 0) is 37.3 Å². The standard InChI is InChI=1S/C18H25NO3/c1-14-4-2-3-5-15(14)12-17(21)19-9-7-18(8-10-19)13-16(20)6-11-22-18/h2-5,16,20H,6-13H2,1H3. The summed E-state index contributed by atoms with van der Waals surface area (Å²) in [6.07, 6.45) is 3.35. The fraction of sp³-hybridized carbons (Fsp3) is 0.611. The van der Waals surface area contributed by atoms with E-state index in [2.05, 4.69) is 0 Å².